The van der Waals surface area contributed by atoms with E-state index >= 15 is 0 Å². The number of halogens is 1. The SMILES string of the molecule is CC(NS(=O)(=O)c1ccc(CCO)s1)c1ccc(Cl)cc1. The van der Waals surface area contributed by atoms with Crippen LogP contribution in [0.15, 0.2) is 40.6 Å². The summed E-state index contributed by atoms with van der Waals surface area (Å²) in [6.45, 7) is 1.79. The molecule has 1 unspecified atom stereocenters. The van der Waals surface area contributed by atoms with E-state index in [1.54, 1.807) is 43.3 Å². The van der Waals surface area contributed by atoms with E-state index in [4.69, 9.17) is 16.7 Å². The predicted molar refractivity (Wildman–Crippen MR) is 85.3 cm³/mol. The van der Waals surface area contributed by atoms with Gasteiger partial charge in [0.25, 0.3) is 10.0 Å². The first kappa shape index (κ1) is 16.5. The van der Waals surface area contributed by atoms with Crippen LogP contribution in [0.1, 0.15) is 23.4 Å². The van der Waals surface area contributed by atoms with E-state index in [1.807, 2.05) is 0 Å². The van der Waals surface area contributed by atoms with Gasteiger partial charge in [-0.15, -0.1) is 11.3 Å². The van der Waals surface area contributed by atoms with Gasteiger partial charge in [-0.3, -0.25) is 0 Å². The van der Waals surface area contributed by atoms with Gasteiger partial charge in [0.05, 0.1) is 0 Å². The molecule has 2 N–H and O–H groups in total. The van der Waals surface area contributed by atoms with Gasteiger partial charge in [0, 0.05) is 29.0 Å². The molecule has 0 aliphatic heterocycles. The summed E-state index contributed by atoms with van der Waals surface area (Å²) in [5.74, 6) is 0. The molecule has 1 atom stereocenters. The monoisotopic (exact) mass is 345 g/mol. The first-order chi connectivity index (χ1) is 9.92. The molecule has 0 fully saturated rings. The van der Waals surface area contributed by atoms with Gasteiger partial charge >= 0.3 is 0 Å². The second-order valence-corrected chi connectivity index (χ2v) is 8.13. The average molecular weight is 346 g/mol. The summed E-state index contributed by atoms with van der Waals surface area (Å²) in [4.78, 5) is 0.844. The van der Waals surface area contributed by atoms with Gasteiger partial charge < -0.3 is 5.11 Å². The molecular formula is C14H16ClNO3S2. The molecule has 0 spiro atoms. The maximum absolute atomic E-state index is 12.3. The predicted octanol–water partition coefficient (Wildman–Crippen LogP) is 2.98. The van der Waals surface area contributed by atoms with Gasteiger partial charge in [0.2, 0.25) is 0 Å². The maximum Gasteiger partial charge on any atom is 0.250 e. The molecule has 7 heteroatoms. The Morgan fingerprint density at radius 3 is 2.52 bits per heavy atom. The molecule has 1 heterocycles. The van der Waals surface area contributed by atoms with Crippen LogP contribution >= 0.6 is 22.9 Å². The Kier molecular flexibility index (Phi) is 5.40. The van der Waals surface area contributed by atoms with Crippen LogP contribution in [0.4, 0.5) is 0 Å². The van der Waals surface area contributed by atoms with Crippen LogP contribution in [0.25, 0.3) is 0 Å². The minimum absolute atomic E-state index is 0.00854. The standard InChI is InChI=1S/C14H16ClNO3S2/c1-10(11-2-4-12(15)5-3-11)16-21(18,19)14-7-6-13(20-14)8-9-17/h2-7,10,16-17H,8-9H2,1H3. The highest BCUT2D eigenvalue weighted by atomic mass is 35.5. The van der Waals surface area contributed by atoms with Gasteiger partial charge in [-0.05, 0) is 36.8 Å². The molecule has 0 saturated heterocycles. The van der Waals surface area contributed by atoms with Crippen LogP contribution < -0.4 is 4.72 Å². The first-order valence-electron chi connectivity index (χ1n) is 6.40. The Balaban J connectivity index is 2.14. The van der Waals surface area contributed by atoms with E-state index in [1.165, 1.54) is 11.3 Å². The lowest BCUT2D eigenvalue weighted by Crippen LogP contribution is -2.26. The maximum atomic E-state index is 12.3. The lowest BCUT2D eigenvalue weighted by molar-refractivity contribution is 0.300. The van der Waals surface area contributed by atoms with Crippen LogP contribution in [0.2, 0.25) is 5.02 Å². The minimum Gasteiger partial charge on any atom is -0.396 e. The van der Waals surface area contributed by atoms with Crippen molar-refractivity contribution >= 4 is 33.0 Å². The number of aliphatic hydroxyl groups excluding tert-OH is 1. The van der Waals surface area contributed by atoms with Crippen LogP contribution in [0.3, 0.4) is 0 Å². The highest BCUT2D eigenvalue weighted by Crippen LogP contribution is 2.24. The second-order valence-electron chi connectivity index (χ2n) is 4.59. The van der Waals surface area contributed by atoms with Gasteiger partial charge in [0.15, 0.2) is 0 Å². The number of sulfonamides is 1. The van der Waals surface area contributed by atoms with Crippen LogP contribution in [0.5, 0.6) is 0 Å². The van der Waals surface area contributed by atoms with E-state index in [0.717, 1.165) is 10.4 Å². The number of hydrogen-bond donors (Lipinski definition) is 2. The fraction of sp³-hybridized carbons (Fsp3) is 0.286. The van der Waals surface area contributed by atoms with Gasteiger partial charge in [-0.1, -0.05) is 23.7 Å². The summed E-state index contributed by atoms with van der Waals surface area (Å²) < 4.78 is 27.5. The molecule has 0 bridgehead atoms. The van der Waals surface area contributed by atoms with Crippen molar-refractivity contribution in [1.29, 1.82) is 0 Å². The molecule has 0 aliphatic carbocycles. The van der Waals surface area contributed by atoms with Gasteiger partial charge in [0.1, 0.15) is 4.21 Å². The average Bonchev–Trinajstić information content (AvgIpc) is 2.89. The van der Waals surface area contributed by atoms with Crippen LogP contribution in [0, 0.1) is 0 Å². The van der Waals surface area contributed by atoms with E-state index < -0.39 is 10.0 Å². The summed E-state index contributed by atoms with van der Waals surface area (Å²) in [6.07, 6.45) is 0.465. The van der Waals surface area contributed by atoms with E-state index in [9.17, 15) is 8.42 Å². The lowest BCUT2D eigenvalue weighted by Gasteiger charge is -2.13. The molecule has 114 valence electrons. The van der Waals surface area contributed by atoms with E-state index in [-0.39, 0.29) is 16.9 Å². The van der Waals surface area contributed by atoms with Crippen molar-refractivity contribution < 1.29 is 13.5 Å². The molecule has 1 aromatic heterocycles. The van der Waals surface area contributed by atoms with Crippen molar-refractivity contribution in [1.82, 2.24) is 4.72 Å². The molecule has 2 aromatic rings. The van der Waals surface area contributed by atoms with Crippen molar-refractivity contribution in [2.45, 2.75) is 23.6 Å². The third-order valence-corrected chi connectivity index (χ3v) is 6.39. The topological polar surface area (TPSA) is 66.4 Å². The zero-order chi connectivity index (χ0) is 15.5. The van der Waals surface area contributed by atoms with Crippen molar-refractivity contribution in [2.24, 2.45) is 0 Å². The Hall–Kier alpha value is -0.920. The lowest BCUT2D eigenvalue weighted by atomic mass is 10.1. The quantitative estimate of drug-likeness (QED) is 0.845. The fourth-order valence-electron chi connectivity index (χ4n) is 1.86. The molecule has 0 amide bonds. The third-order valence-electron chi connectivity index (χ3n) is 2.96. The third kappa shape index (κ3) is 4.28. The Bertz CT molecular complexity index is 695. The summed E-state index contributed by atoms with van der Waals surface area (Å²) >= 11 is 6.99. The van der Waals surface area contributed by atoms with E-state index in [2.05, 4.69) is 4.72 Å². The Morgan fingerprint density at radius 2 is 1.90 bits per heavy atom. The molecule has 2 rings (SSSR count). The number of rotatable bonds is 6. The summed E-state index contributed by atoms with van der Waals surface area (Å²) in [6, 6.07) is 9.98. The normalized spacial score (nSPS) is 13.3. The molecular weight excluding hydrogens is 330 g/mol. The number of nitrogens with one attached hydrogen (secondary N) is 1. The van der Waals surface area contributed by atoms with Gasteiger partial charge in [-0.25, -0.2) is 13.1 Å². The molecule has 0 aliphatic rings. The Morgan fingerprint density at radius 1 is 1.24 bits per heavy atom. The van der Waals surface area contributed by atoms with Crippen molar-refractivity contribution in [3.05, 3.63) is 51.9 Å². The number of aliphatic hydroxyl groups is 1. The number of benzene rings is 1. The zero-order valence-corrected chi connectivity index (χ0v) is 13.8. The van der Waals surface area contributed by atoms with Crippen molar-refractivity contribution in [3.8, 4) is 0 Å². The molecule has 21 heavy (non-hydrogen) atoms. The summed E-state index contributed by atoms with van der Waals surface area (Å²) in [7, 11) is -3.56. The highest BCUT2D eigenvalue weighted by Gasteiger charge is 2.20. The first-order valence-corrected chi connectivity index (χ1v) is 9.07. The van der Waals surface area contributed by atoms with Crippen LogP contribution in [-0.2, 0) is 16.4 Å². The minimum atomic E-state index is -3.56. The Labute approximate surface area is 133 Å². The number of thiophene rings is 1. The highest BCUT2D eigenvalue weighted by molar-refractivity contribution is 7.91. The van der Waals surface area contributed by atoms with Gasteiger partial charge in [-0.2, -0.15) is 0 Å². The number of hydrogen-bond acceptors (Lipinski definition) is 4. The van der Waals surface area contributed by atoms with Crippen molar-refractivity contribution in [3.63, 3.8) is 0 Å². The zero-order valence-electron chi connectivity index (χ0n) is 11.4. The molecule has 0 saturated carbocycles. The summed E-state index contributed by atoms with van der Waals surface area (Å²) in [5.41, 5.74) is 0.843. The molecule has 4 nitrogen and oxygen atoms in total. The largest absolute Gasteiger partial charge is 0.396 e. The fourth-order valence-corrected chi connectivity index (χ4v) is 4.58. The van der Waals surface area contributed by atoms with Crippen molar-refractivity contribution in [2.75, 3.05) is 6.61 Å². The van der Waals surface area contributed by atoms with Crippen LogP contribution in [-0.4, -0.2) is 20.1 Å². The molecule has 0 radical (unpaired) electrons. The molecule has 1 aromatic carbocycles. The van der Waals surface area contributed by atoms with E-state index in [0.29, 0.717) is 11.4 Å². The summed E-state index contributed by atoms with van der Waals surface area (Å²) in [5, 5.41) is 9.49. The second kappa shape index (κ2) is 6.89. The smallest absolute Gasteiger partial charge is 0.250 e.